The number of carbonyl (C=O) groups excluding carboxylic acids is 2. The van der Waals surface area contributed by atoms with Crippen LogP contribution in [0, 0.1) is 0 Å². The Morgan fingerprint density at radius 2 is 1.40 bits per heavy atom. The van der Waals surface area contributed by atoms with Crippen LogP contribution in [0.5, 0.6) is 17.2 Å². The maximum atomic E-state index is 13.6. The molecular formula is C23H24N2O5. The van der Waals surface area contributed by atoms with Gasteiger partial charge in [0.1, 0.15) is 22.9 Å². The summed E-state index contributed by atoms with van der Waals surface area (Å²) in [5.41, 5.74) is 1.88. The van der Waals surface area contributed by atoms with Crippen molar-refractivity contribution in [3.05, 3.63) is 53.7 Å². The normalized spacial score (nSPS) is 16.5. The number of amides is 2. The third-order valence-corrected chi connectivity index (χ3v) is 5.49. The van der Waals surface area contributed by atoms with Crippen LogP contribution in [-0.2, 0) is 9.59 Å². The molecule has 0 aliphatic carbocycles. The number of rotatable bonds is 6. The molecule has 30 heavy (non-hydrogen) atoms. The number of hydrogen-bond donors (Lipinski definition) is 0. The molecule has 2 heterocycles. The number of benzene rings is 2. The Labute approximate surface area is 175 Å². The molecule has 2 aliphatic heterocycles. The van der Waals surface area contributed by atoms with Gasteiger partial charge in [0.05, 0.1) is 32.6 Å². The number of likely N-dealkylation sites (tertiary alicyclic amines) is 1. The van der Waals surface area contributed by atoms with Crippen LogP contribution < -0.4 is 19.1 Å². The molecule has 2 amide bonds. The van der Waals surface area contributed by atoms with Crippen LogP contribution in [-0.4, -0.2) is 51.1 Å². The van der Waals surface area contributed by atoms with Crippen molar-refractivity contribution in [1.29, 1.82) is 0 Å². The summed E-state index contributed by atoms with van der Waals surface area (Å²) in [4.78, 5) is 30.4. The van der Waals surface area contributed by atoms with Crippen molar-refractivity contribution in [2.24, 2.45) is 0 Å². The van der Waals surface area contributed by atoms with Crippen LogP contribution in [0.2, 0.25) is 0 Å². The zero-order valence-corrected chi connectivity index (χ0v) is 17.3. The first kappa shape index (κ1) is 19.8. The zero-order chi connectivity index (χ0) is 21.3. The number of imide groups is 1. The molecule has 1 saturated heterocycles. The molecule has 0 bridgehead atoms. The maximum Gasteiger partial charge on any atom is 0.282 e. The van der Waals surface area contributed by atoms with Crippen LogP contribution in [0.25, 0.3) is 5.57 Å². The number of methoxy groups -OCH3 is 3. The van der Waals surface area contributed by atoms with E-state index in [1.807, 2.05) is 17.0 Å². The van der Waals surface area contributed by atoms with E-state index in [4.69, 9.17) is 14.2 Å². The van der Waals surface area contributed by atoms with Gasteiger partial charge in [0.25, 0.3) is 11.8 Å². The Hall–Kier alpha value is -3.48. The second-order valence-electron chi connectivity index (χ2n) is 7.13. The van der Waals surface area contributed by atoms with E-state index in [-0.39, 0.29) is 11.8 Å². The van der Waals surface area contributed by atoms with Crippen molar-refractivity contribution >= 4 is 23.1 Å². The zero-order valence-electron chi connectivity index (χ0n) is 17.3. The van der Waals surface area contributed by atoms with Gasteiger partial charge in [0.15, 0.2) is 0 Å². The van der Waals surface area contributed by atoms with Crippen LogP contribution in [0.3, 0.4) is 0 Å². The van der Waals surface area contributed by atoms with Crippen molar-refractivity contribution in [2.75, 3.05) is 39.3 Å². The largest absolute Gasteiger partial charge is 0.497 e. The smallest absolute Gasteiger partial charge is 0.282 e. The Morgan fingerprint density at radius 3 is 2.00 bits per heavy atom. The molecule has 0 N–H and O–H groups in total. The highest BCUT2D eigenvalue weighted by Gasteiger charge is 2.44. The maximum absolute atomic E-state index is 13.6. The molecule has 4 rings (SSSR count). The third-order valence-electron chi connectivity index (χ3n) is 5.49. The third kappa shape index (κ3) is 3.26. The van der Waals surface area contributed by atoms with Crippen LogP contribution in [0.15, 0.2) is 48.2 Å². The minimum absolute atomic E-state index is 0.348. The molecule has 7 nitrogen and oxygen atoms in total. The van der Waals surface area contributed by atoms with Crippen molar-refractivity contribution in [3.63, 3.8) is 0 Å². The van der Waals surface area contributed by atoms with E-state index in [2.05, 4.69) is 0 Å². The van der Waals surface area contributed by atoms with E-state index in [0.29, 0.717) is 39.8 Å². The summed E-state index contributed by atoms with van der Waals surface area (Å²) in [7, 11) is 4.64. The summed E-state index contributed by atoms with van der Waals surface area (Å²) in [5, 5.41) is 0. The van der Waals surface area contributed by atoms with Gasteiger partial charge < -0.3 is 19.1 Å². The first-order chi connectivity index (χ1) is 14.6. The summed E-state index contributed by atoms with van der Waals surface area (Å²) >= 11 is 0. The van der Waals surface area contributed by atoms with Gasteiger partial charge in [-0.1, -0.05) is 12.1 Å². The molecule has 2 aromatic rings. The number of carbonyl (C=O) groups is 2. The molecule has 2 aromatic carbocycles. The summed E-state index contributed by atoms with van der Waals surface area (Å²) in [6, 6.07) is 12.3. The van der Waals surface area contributed by atoms with Crippen molar-refractivity contribution in [2.45, 2.75) is 12.8 Å². The molecule has 2 aliphatic rings. The molecule has 0 unspecified atom stereocenters. The monoisotopic (exact) mass is 408 g/mol. The molecule has 0 aromatic heterocycles. The Balaban J connectivity index is 1.84. The first-order valence-electron chi connectivity index (χ1n) is 9.83. The Bertz CT molecular complexity index is 1010. The molecule has 0 saturated carbocycles. The molecule has 7 heteroatoms. The lowest BCUT2D eigenvalue weighted by molar-refractivity contribution is -0.120. The van der Waals surface area contributed by atoms with Crippen molar-refractivity contribution < 1.29 is 23.8 Å². The summed E-state index contributed by atoms with van der Waals surface area (Å²) in [5.74, 6) is 0.921. The van der Waals surface area contributed by atoms with Gasteiger partial charge in [-0.25, -0.2) is 4.90 Å². The Kier molecular flexibility index (Phi) is 5.35. The van der Waals surface area contributed by atoms with Gasteiger partial charge in [0.2, 0.25) is 0 Å². The molecule has 1 fully saturated rings. The fourth-order valence-electron chi connectivity index (χ4n) is 3.96. The van der Waals surface area contributed by atoms with Crippen molar-refractivity contribution in [1.82, 2.24) is 4.90 Å². The summed E-state index contributed by atoms with van der Waals surface area (Å²) in [6.45, 7) is 1.49. The summed E-state index contributed by atoms with van der Waals surface area (Å²) < 4.78 is 16.0. The fourth-order valence-corrected chi connectivity index (χ4v) is 3.96. The van der Waals surface area contributed by atoms with E-state index in [1.54, 1.807) is 37.4 Å². The second-order valence-corrected chi connectivity index (χ2v) is 7.13. The lowest BCUT2D eigenvalue weighted by Gasteiger charge is -2.21. The minimum Gasteiger partial charge on any atom is -0.497 e. The van der Waals surface area contributed by atoms with E-state index < -0.39 is 0 Å². The van der Waals surface area contributed by atoms with Gasteiger partial charge in [-0.2, -0.15) is 0 Å². The molecule has 0 spiro atoms. The SMILES string of the molecule is COc1ccc(C2=C(N3CCCC3)C(=O)N(c3cc(OC)ccc3OC)C2=O)cc1. The highest BCUT2D eigenvalue weighted by atomic mass is 16.5. The minimum atomic E-state index is -0.376. The van der Waals surface area contributed by atoms with Crippen molar-refractivity contribution in [3.8, 4) is 17.2 Å². The molecule has 0 radical (unpaired) electrons. The van der Waals surface area contributed by atoms with E-state index in [0.717, 1.165) is 25.9 Å². The predicted molar refractivity (Wildman–Crippen MR) is 113 cm³/mol. The lowest BCUT2D eigenvalue weighted by Crippen LogP contribution is -2.34. The fraction of sp³-hybridized carbons (Fsp3) is 0.304. The van der Waals surface area contributed by atoms with Crippen LogP contribution >= 0.6 is 0 Å². The average molecular weight is 408 g/mol. The number of ether oxygens (including phenoxy) is 3. The lowest BCUT2D eigenvalue weighted by atomic mass is 10.0. The molecular weight excluding hydrogens is 384 g/mol. The Morgan fingerprint density at radius 1 is 0.767 bits per heavy atom. The van der Waals surface area contributed by atoms with E-state index in [9.17, 15) is 9.59 Å². The number of nitrogens with zero attached hydrogens (tertiary/aromatic N) is 2. The van der Waals surface area contributed by atoms with Gasteiger partial charge in [-0.15, -0.1) is 0 Å². The topological polar surface area (TPSA) is 68.3 Å². The standard InChI is InChI=1S/C23H24N2O5/c1-28-16-8-6-15(7-9-16)20-21(24-12-4-5-13-24)23(27)25(22(20)26)18-14-17(29-2)10-11-19(18)30-3/h6-11,14H,4-5,12-13H2,1-3H3. The van der Waals surface area contributed by atoms with Crippen LogP contribution in [0.1, 0.15) is 18.4 Å². The first-order valence-corrected chi connectivity index (χ1v) is 9.83. The van der Waals surface area contributed by atoms with Gasteiger partial charge in [-0.05, 0) is 42.7 Å². The highest BCUT2D eigenvalue weighted by Crippen LogP contribution is 2.41. The van der Waals surface area contributed by atoms with E-state index in [1.165, 1.54) is 19.1 Å². The van der Waals surface area contributed by atoms with Gasteiger partial charge in [0, 0.05) is 19.2 Å². The number of hydrogen-bond acceptors (Lipinski definition) is 6. The second kappa shape index (κ2) is 8.10. The predicted octanol–water partition coefficient (Wildman–Crippen LogP) is 3.09. The van der Waals surface area contributed by atoms with E-state index >= 15 is 0 Å². The van der Waals surface area contributed by atoms with Gasteiger partial charge >= 0.3 is 0 Å². The quantitative estimate of drug-likeness (QED) is 0.685. The van der Waals surface area contributed by atoms with Gasteiger partial charge in [-0.3, -0.25) is 9.59 Å². The van der Waals surface area contributed by atoms with Crippen LogP contribution in [0.4, 0.5) is 5.69 Å². The molecule has 0 atom stereocenters. The number of anilines is 1. The highest BCUT2D eigenvalue weighted by molar-refractivity contribution is 6.45. The average Bonchev–Trinajstić information content (AvgIpc) is 3.39. The summed E-state index contributed by atoms with van der Waals surface area (Å²) in [6.07, 6.45) is 1.98. The molecule has 156 valence electrons.